The molecule has 0 saturated carbocycles. The number of benzene rings is 2. The molecule has 1 fully saturated rings. The number of hydrogen-bond donors (Lipinski definition) is 1. The Morgan fingerprint density at radius 2 is 1.63 bits per heavy atom. The highest BCUT2D eigenvalue weighted by Gasteiger charge is 2.30. The Kier molecular flexibility index (Phi) is 5.48. The first kappa shape index (κ1) is 18.9. The summed E-state index contributed by atoms with van der Waals surface area (Å²) >= 11 is 0. The first-order valence-corrected chi connectivity index (χ1v) is 8.65. The molecule has 1 saturated heterocycles. The number of carbonyl (C=O) groups is 2. The van der Waals surface area contributed by atoms with Gasteiger partial charge in [0.05, 0.1) is 12.0 Å². The summed E-state index contributed by atoms with van der Waals surface area (Å²) < 4.78 is 37.6. The summed E-state index contributed by atoms with van der Waals surface area (Å²) in [5.74, 6) is -0.152. The molecule has 0 bridgehead atoms. The Bertz CT molecular complexity index is 815. The summed E-state index contributed by atoms with van der Waals surface area (Å²) in [6, 6.07) is 12.0. The van der Waals surface area contributed by atoms with Gasteiger partial charge in [-0.05, 0) is 41.8 Å². The van der Waals surface area contributed by atoms with E-state index in [-0.39, 0.29) is 18.2 Å². The molecule has 0 aliphatic carbocycles. The molecule has 1 N–H and O–H groups in total. The number of alkyl halides is 3. The lowest BCUT2D eigenvalue weighted by Crippen LogP contribution is -2.25. The maximum absolute atomic E-state index is 12.5. The molecule has 4 nitrogen and oxygen atoms in total. The average Bonchev–Trinajstić information content (AvgIpc) is 3.06. The number of nitrogens with one attached hydrogen (secondary N) is 1. The second-order valence-corrected chi connectivity index (χ2v) is 6.46. The van der Waals surface area contributed by atoms with Gasteiger partial charge < -0.3 is 10.2 Å². The zero-order chi connectivity index (χ0) is 19.4. The number of rotatable bonds is 5. The highest BCUT2D eigenvalue weighted by Crippen LogP contribution is 2.29. The third-order valence-corrected chi connectivity index (χ3v) is 4.46. The Labute approximate surface area is 155 Å². The molecule has 1 heterocycles. The third kappa shape index (κ3) is 4.87. The minimum atomic E-state index is -4.38. The lowest BCUT2D eigenvalue weighted by Gasteiger charge is -2.16. The van der Waals surface area contributed by atoms with Crippen LogP contribution in [0.3, 0.4) is 0 Å². The lowest BCUT2D eigenvalue weighted by molar-refractivity contribution is -0.137. The van der Waals surface area contributed by atoms with Crippen LogP contribution in [0.1, 0.15) is 29.5 Å². The summed E-state index contributed by atoms with van der Waals surface area (Å²) in [5.41, 5.74) is 1.51. The summed E-state index contributed by atoms with van der Waals surface area (Å²) in [4.78, 5) is 25.5. The van der Waals surface area contributed by atoms with E-state index in [0.717, 1.165) is 36.3 Å². The molecule has 142 valence electrons. The van der Waals surface area contributed by atoms with E-state index in [1.54, 1.807) is 4.90 Å². The molecular formula is C20H19F3N2O2. The number of hydrogen-bond acceptors (Lipinski definition) is 2. The summed E-state index contributed by atoms with van der Waals surface area (Å²) in [7, 11) is 0. The number of anilines is 1. The van der Waals surface area contributed by atoms with Crippen LogP contribution in [0.15, 0.2) is 48.5 Å². The van der Waals surface area contributed by atoms with E-state index in [0.29, 0.717) is 18.5 Å². The van der Waals surface area contributed by atoms with Crippen LogP contribution < -0.4 is 10.2 Å². The van der Waals surface area contributed by atoms with E-state index in [1.165, 1.54) is 12.1 Å². The zero-order valence-corrected chi connectivity index (χ0v) is 14.6. The van der Waals surface area contributed by atoms with Crippen molar-refractivity contribution in [2.24, 2.45) is 0 Å². The van der Waals surface area contributed by atoms with Gasteiger partial charge in [0.25, 0.3) is 0 Å². The average molecular weight is 376 g/mol. The Morgan fingerprint density at radius 3 is 2.19 bits per heavy atom. The molecule has 2 aromatic rings. The summed E-state index contributed by atoms with van der Waals surface area (Å²) in [6.45, 7) is 1.04. The van der Waals surface area contributed by atoms with Crippen molar-refractivity contribution in [3.05, 3.63) is 65.2 Å². The third-order valence-electron chi connectivity index (χ3n) is 4.46. The predicted octanol–water partition coefficient (Wildman–Crippen LogP) is 3.69. The molecule has 0 aromatic heterocycles. The topological polar surface area (TPSA) is 49.4 Å². The molecule has 0 spiro atoms. The van der Waals surface area contributed by atoms with Gasteiger partial charge in [-0.1, -0.05) is 24.3 Å². The van der Waals surface area contributed by atoms with Crippen LogP contribution in [-0.4, -0.2) is 18.4 Å². The van der Waals surface area contributed by atoms with Gasteiger partial charge >= 0.3 is 6.18 Å². The monoisotopic (exact) mass is 376 g/mol. The number of carbonyl (C=O) groups excluding carboxylic acids is 2. The van der Waals surface area contributed by atoms with Crippen LogP contribution in [0, 0.1) is 0 Å². The molecular weight excluding hydrogens is 357 g/mol. The summed E-state index contributed by atoms with van der Waals surface area (Å²) in [5, 5.41) is 2.75. The highest BCUT2D eigenvalue weighted by molar-refractivity contribution is 5.95. The van der Waals surface area contributed by atoms with Crippen molar-refractivity contribution in [3.8, 4) is 0 Å². The van der Waals surface area contributed by atoms with E-state index < -0.39 is 11.7 Å². The van der Waals surface area contributed by atoms with Crippen molar-refractivity contribution in [2.45, 2.75) is 32.0 Å². The first-order valence-electron chi connectivity index (χ1n) is 8.65. The van der Waals surface area contributed by atoms with Gasteiger partial charge in [-0.15, -0.1) is 0 Å². The van der Waals surface area contributed by atoms with E-state index in [9.17, 15) is 22.8 Å². The van der Waals surface area contributed by atoms with E-state index in [2.05, 4.69) is 5.32 Å². The largest absolute Gasteiger partial charge is 0.416 e. The van der Waals surface area contributed by atoms with Crippen LogP contribution in [0.25, 0.3) is 0 Å². The standard InChI is InChI=1S/C20H19F3N2O2/c21-20(22,23)16-7-3-14(4-8-16)12-18(26)24-13-15-5-9-17(10-6-15)25-11-1-2-19(25)27/h3-10H,1-2,11-13H2,(H,24,26). The second-order valence-electron chi connectivity index (χ2n) is 6.46. The van der Waals surface area contributed by atoms with Crippen molar-refractivity contribution < 1.29 is 22.8 Å². The van der Waals surface area contributed by atoms with E-state index in [1.807, 2.05) is 24.3 Å². The van der Waals surface area contributed by atoms with Crippen molar-refractivity contribution in [3.63, 3.8) is 0 Å². The molecule has 2 amide bonds. The second kappa shape index (κ2) is 7.82. The van der Waals surface area contributed by atoms with Gasteiger partial charge in [0, 0.05) is 25.2 Å². The van der Waals surface area contributed by atoms with Crippen molar-refractivity contribution in [2.75, 3.05) is 11.4 Å². The molecule has 27 heavy (non-hydrogen) atoms. The number of amides is 2. The smallest absolute Gasteiger partial charge is 0.352 e. The molecule has 0 radical (unpaired) electrons. The predicted molar refractivity (Wildman–Crippen MR) is 95.0 cm³/mol. The van der Waals surface area contributed by atoms with Crippen LogP contribution in [0.5, 0.6) is 0 Å². The molecule has 3 rings (SSSR count). The molecule has 7 heteroatoms. The fourth-order valence-electron chi connectivity index (χ4n) is 2.98. The maximum Gasteiger partial charge on any atom is 0.416 e. The minimum Gasteiger partial charge on any atom is -0.352 e. The Hall–Kier alpha value is -2.83. The lowest BCUT2D eigenvalue weighted by atomic mass is 10.1. The van der Waals surface area contributed by atoms with Gasteiger partial charge in [-0.2, -0.15) is 13.2 Å². The van der Waals surface area contributed by atoms with Crippen molar-refractivity contribution >= 4 is 17.5 Å². The molecule has 0 atom stereocenters. The minimum absolute atomic E-state index is 0.0124. The fraction of sp³-hybridized carbons (Fsp3) is 0.300. The Balaban J connectivity index is 1.51. The van der Waals surface area contributed by atoms with Crippen LogP contribution in [-0.2, 0) is 28.7 Å². The number of halogens is 3. The first-order chi connectivity index (χ1) is 12.8. The fourth-order valence-corrected chi connectivity index (χ4v) is 2.98. The maximum atomic E-state index is 12.5. The van der Waals surface area contributed by atoms with E-state index >= 15 is 0 Å². The van der Waals surface area contributed by atoms with Crippen molar-refractivity contribution in [1.82, 2.24) is 5.32 Å². The number of nitrogens with zero attached hydrogens (tertiary/aromatic N) is 1. The van der Waals surface area contributed by atoms with Crippen LogP contribution in [0.2, 0.25) is 0 Å². The zero-order valence-electron chi connectivity index (χ0n) is 14.6. The summed E-state index contributed by atoms with van der Waals surface area (Å²) in [6.07, 6.45) is -2.94. The van der Waals surface area contributed by atoms with E-state index in [4.69, 9.17) is 0 Å². The SMILES string of the molecule is O=C(Cc1ccc(C(F)(F)F)cc1)NCc1ccc(N2CCCC2=O)cc1. The molecule has 1 aliphatic rings. The molecule has 2 aromatic carbocycles. The highest BCUT2D eigenvalue weighted by atomic mass is 19.4. The van der Waals surface area contributed by atoms with Gasteiger partial charge in [0.15, 0.2) is 0 Å². The molecule has 0 unspecified atom stereocenters. The van der Waals surface area contributed by atoms with Crippen LogP contribution >= 0.6 is 0 Å². The van der Waals surface area contributed by atoms with Gasteiger partial charge in [0.1, 0.15) is 0 Å². The normalized spacial score (nSPS) is 14.5. The van der Waals surface area contributed by atoms with Gasteiger partial charge in [-0.3, -0.25) is 9.59 Å². The molecule has 1 aliphatic heterocycles. The Morgan fingerprint density at radius 1 is 1.00 bits per heavy atom. The van der Waals surface area contributed by atoms with Gasteiger partial charge in [0.2, 0.25) is 11.8 Å². The van der Waals surface area contributed by atoms with Gasteiger partial charge in [-0.25, -0.2) is 0 Å². The van der Waals surface area contributed by atoms with Crippen LogP contribution in [0.4, 0.5) is 18.9 Å². The quantitative estimate of drug-likeness (QED) is 0.865. The van der Waals surface area contributed by atoms with Crippen molar-refractivity contribution in [1.29, 1.82) is 0 Å².